The number of carbonyl (C=O) groups is 2. The van der Waals surface area contributed by atoms with Gasteiger partial charge in [-0.25, -0.2) is 0 Å². The number of ketones is 2. The topological polar surface area (TPSA) is 34.1 Å². The Bertz CT molecular complexity index is 490. The number of benzene rings is 1. The number of alkyl halides is 4. The van der Waals surface area contributed by atoms with Gasteiger partial charge in [-0.2, -0.15) is 13.2 Å². The molecule has 1 rings (SSSR count). The van der Waals surface area contributed by atoms with E-state index >= 15 is 0 Å². The van der Waals surface area contributed by atoms with Crippen molar-refractivity contribution in [2.75, 3.05) is 5.33 Å². The highest BCUT2D eigenvalue weighted by Crippen LogP contribution is 2.19. The lowest BCUT2D eigenvalue weighted by Crippen LogP contribution is -2.25. The number of halogens is 4. The van der Waals surface area contributed by atoms with Gasteiger partial charge in [0.1, 0.15) is 0 Å². The molecule has 0 fully saturated rings. The molecule has 0 heterocycles. The first-order chi connectivity index (χ1) is 8.84. The molecule has 0 amide bonds. The van der Waals surface area contributed by atoms with Gasteiger partial charge in [0, 0.05) is 10.9 Å². The third-order valence-electron chi connectivity index (χ3n) is 2.27. The first-order valence-corrected chi connectivity index (χ1v) is 6.42. The van der Waals surface area contributed by atoms with E-state index in [0.717, 1.165) is 5.56 Å². The molecule has 0 unspecified atom stereocenters. The minimum Gasteiger partial charge on any atom is -0.294 e. The molecule has 102 valence electrons. The second-order valence-corrected chi connectivity index (χ2v) is 4.35. The smallest absolute Gasteiger partial charge is 0.294 e. The molecule has 2 nitrogen and oxygen atoms in total. The van der Waals surface area contributed by atoms with Crippen molar-refractivity contribution in [1.29, 1.82) is 0 Å². The molecular weight excluding hydrogens is 325 g/mol. The van der Waals surface area contributed by atoms with Gasteiger partial charge in [-0.3, -0.25) is 9.59 Å². The van der Waals surface area contributed by atoms with Crippen molar-refractivity contribution in [3.63, 3.8) is 0 Å². The number of rotatable bonds is 5. The molecule has 0 bridgehead atoms. The summed E-state index contributed by atoms with van der Waals surface area (Å²) in [5.41, 5.74) is 0.909. The summed E-state index contributed by atoms with van der Waals surface area (Å²) in [6.45, 7) is 0. The minimum atomic E-state index is -4.96. The van der Waals surface area contributed by atoms with Gasteiger partial charge in [0.2, 0.25) is 5.78 Å². The van der Waals surface area contributed by atoms with Crippen molar-refractivity contribution in [1.82, 2.24) is 0 Å². The van der Waals surface area contributed by atoms with Crippen molar-refractivity contribution < 1.29 is 22.8 Å². The van der Waals surface area contributed by atoms with Crippen molar-refractivity contribution >= 4 is 33.6 Å². The fraction of sp³-hybridized carbons (Fsp3) is 0.231. The molecule has 19 heavy (non-hydrogen) atoms. The van der Waals surface area contributed by atoms with Gasteiger partial charge in [-0.15, -0.1) is 0 Å². The first-order valence-electron chi connectivity index (χ1n) is 5.30. The molecule has 0 N–H and O–H groups in total. The van der Waals surface area contributed by atoms with Gasteiger partial charge in [-0.1, -0.05) is 52.3 Å². The van der Waals surface area contributed by atoms with Crippen molar-refractivity contribution in [2.24, 2.45) is 0 Å². The molecule has 1 aromatic carbocycles. The molecule has 1 aromatic rings. The van der Waals surface area contributed by atoms with Gasteiger partial charge < -0.3 is 0 Å². The Hall–Kier alpha value is -1.43. The summed E-state index contributed by atoms with van der Waals surface area (Å²) >= 11 is 3.21. The van der Waals surface area contributed by atoms with Crippen LogP contribution in [0.2, 0.25) is 0 Å². The zero-order chi connectivity index (χ0) is 14.5. The fourth-order valence-corrected chi connectivity index (χ4v) is 1.50. The zero-order valence-corrected chi connectivity index (χ0v) is 11.3. The highest BCUT2D eigenvalue weighted by atomic mass is 79.9. The zero-order valence-electron chi connectivity index (χ0n) is 9.71. The van der Waals surface area contributed by atoms with Crippen LogP contribution in [0.1, 0.15) is 22.3 Å². The first kappa shape index (κ1) is 15.6. The van der Waals surface area contributed by atoms with Crippen LogP contribution in [0, 0.1) is 0 Å². The van der Waals surface area contributed by atoms with E-state index in [1.165, 1.54) is 12.1 Å². The van der Waals surface area contributed by atoms with Gasteiger partial charge >= 0.3 is 6.18 Å². The Morgan fingerprint density at radius 2 is 1.74 bits per heavy atom. The number of hydrogen-bond acceptors (Lipinski definition) is 2. The van der Waals surface area contributed by atoms with Crippen molar-refractivity contribution in [3.8, 4) is 0 Å². The number of hydrogen-bond donors (Lipinski definition) is 0. The largest absolute Gasteiger partial charge is 0.450 e. The van der Waals surface area contributed by atoms with Crippen LogP contribution in [-0.4, -0.2) is 23.1 Å². The van der Waals surface area contributed by atoms with E-state index in [1.807, 2.05) is 6.08 Å². The summed E-state index contributed by atoms with van der Waals surface area (Å²) in [6, 6.07) is 6.01. The molecule has 0 saturated carbocycles. The predicted molar refractivity (Wildman–Crippen MR) is 69.3 cm³/mol. The summed E-state index contributed by atoms with van der Waals surface area (Å²) in [7, 11) is 0. The molecule has 0 aliphatic heterocycles. The molecule has 0 saturated heterocycles. The average Bonchev–Trinajstić information content (AvgIpc) is 2.35. The average molecular weight is 335 g/mol. The lowest BCUT2D eigenvalue weighted by Gasteiger charge is -2.04. The summed E-state index contributed by atoms with van der Waals surface area (Å²) in [4.78, 5) is 22.2. The third-order valence-corrected chi connectivity index (χ3v) is 2.64. The normalized spacial score (nSPS) is 11.8. The van der Waals surface area contributed by atoms with E-state index in [4.69, 9.17) is 0 Å². The highest BCUT2D eigenvalue weighted by Gasteiger charge is 2.39. The van der Waals surface area contributed by atoms with Crippen LogP contribution in [0.25, 0.3) is 6.08 Å². The van der Waals surface area contributed by atoms with Crippen LogP contribution in [0.5, 0.6) is 0 Å². The minimum absolute atomic E-state index is 0.0913. The molecular formula is C13H10BrF3O2. The van der Waals surface area contributed by atoms with Crippen LogP contribution in [0.15, 0.2) is 30.3 Å². The molecule has 0 spiro atoms. The highest BCUT2D eigenvalue weighted by molar-refractivity contribution is 9.09. The second kappa shape index (κ2) is 6.65. The van der Waals surface area contributed by atoms with E-state index in [0.29, 0.717) is 5.33 Å². The van der Waals surface area contributed by atoms with Crippen LogP contribution < -0.4 is 0 Å². The van der Waals surface area contributed by atoms with Gasteiger partial charge in [0.15, 0.2) is 5.78 Å². The number of allylic oxidation sites excluding steroid dienone is 1. The summed E-state index contributed by atoms with van der Waals surface area (Å²) in [5, 5.41) is 0.674. The number of carbonyl (C=O) groups excluding carboxylic acids is 2. The number of Topliss-reactive ketones (excluding diaryl/α,β-unsaturated/α-hetero) is 2. The Balaban J connectivity index is 2.73. The van der Waals surface area contributed by atoms with E-state index < -0.39 is 24.2 Å². The van der Waals surface area contributed by atoms with Crippen LogP contribution in [0.3, 0.4) is 0 Å². The van der Waals surface area contributed by atoms with Gasteiger partial charge in [-0.05, 0) is 5.56 Å². The van der Waals surface area contributed by atoms with Crippen LogP contribution in [0.4, 0.5) is 13.2 Å². The van der Waals surface area contributed by atoms with E-state index in [9.17, 15) is 22.8 Å². The molecule has 0 aromatic heterocycles. The van der Waals surface area contributed by atoms with E-state index in [2.05, 4.69) is 15.9 Å². The molecule has 0 aliphatic carbocycles. The van der Waals surface area contributed by atoms with Gasteiger partial charge in [0.05, 0.1) is 6.42 Å². The Morgan fingerprint density at radius 1 is 1.16 bits per heavy atom. The maximum Gasteiger partial charge on any atom is 0.450 e. The standard InChI is InChI=1S/C13H10BrF3O2/c14-7-1-2-9-3-5-10(6-4-9)11(18)8-12(19)13(15,16)17/h1-6H,7-8H2. The van der Waals surface area contributed by atoms with Crippen LogP contribution >= 0.6 is 15.9 Å². The van der Waals surface area contributed by atoms with E-state index in [1.54, 1.807) is 18.2 Å². The van der Waals surface area contributed by atoms with Gasteiger partial charge in [0.25, 0.3) is 0 Å². The lowest BCUT2D eigenvalue weighted by molar-refractivity contribution is -0.170. The SMILES string of the molecule is O=C(CC(=O)C(F)(F)F)c1ccc(C=CCBr)cc1. The Kier molecular flexibility index (Phi) is 5.47. The third kappa shape index (κ3) is 4.98. The Morgan fingerprint density at radius 3 is 2.21 bits per heavy atom. The molecule has 0 aliphatic rings. The lowest BCUT2D eigenvalue weighted by atomic mass is 10.0. The summed E-state index contributed by atoms with van der Waals surface area (Å²) in [5.74, 6) is -2.86. The predicted octanol–water partition coefficient (Wildman–Crippen LogP) is 3.80. The Labute approximate surface area is 116 Å². The summed E-state index contributed by atoms with van der Waals surface area (Å²) in [6.07, 6.45) is -2.48. The maximum atomic E-state index is 12.0. The quantitative estimate of drug-likeness (QED) is 0.466. The summed E-state index contributed by atoms with van der Waals surface area (Å²) < 4.78 is 36.0. The maximum absolute atomic E-state index is 12.0. The fourth-order valence-electron chi connectivity index (χ4n) is 1.31. The molecule has 6 heteroatoms. The second-order valence-electron chi connectivity index (χ2n) is 3.70. The van der Waals surface area contributed by atoms with Crippen molar-refractivity contribution in [3.05, 3.63) is 41.5 Å². The van der Waals surface area contributed by atoms with E-state index in [-0.39, 0.29) is 5.56 Å². The van der Waals surface area contributed by atoms with Crippen molar-refractivity contribution in [2.45, 2.75) is 12.6 Å². The molecule has 0 atom stereocenters. The molecule has 0 radical (unpaired) electrons. The monoisotopic (exact) mass is 334 g/mol. The van der Waals surface area contributed by atoms with Crippen LogP contribution in [-0.2, 0) is 4.79 Å².